The average molecular weight is 284 g/mol. The first-order chi connectivity index (χ1) is 9.40. The van der Waals surface area contributed by atoms with Gasteiger partial charge in [-0.1, -0.05) is 0 Å². The lowest BCUT2D eigenvalue weighted by Crippen LogP contribution is -2.40. The number of carbonyl (C=O) groups excluding carboxylic acids is 3. The van der Waals surface area contributed by atoms with Gasteiger partial charge in [-0.15, -0.1) is 0 Å². The lowest BCUT2D eigenvalue weighted by atomic mass is 10.2. The molecule has 1 aromatic heterocycles. The van der Waals surface area contributed by atoms with E-state index in [9.17, 15) is 14.4 Å². The second-order valence-corrected chi connectivity index (χ2v) is 3.92. The number of carbonyl (C=O) groups is 3. The maximum Gasteiger partial charge on any atom is 0.325 e. The van der Waals surface area contributed by atoms with E-state index in [-0.39, 0.29) is 11.4 Å². The van der Waals surface area contributed by atoms with Gasteiger partial charge in [-0.2, -0.15) is 5.10 Å². The maximum atomic E-state index is 12.2. The molecule has 0 bridgehead atoms. The summed E-state index contributed by atoms with van der Waals surface area (Å²) in [4.78, 5) is 35.8. The molecule has 9 nitrogen and oxygen atoms in total. The highest BCUT2D eigenvalue weighted by Gasteiger charge is 2.26. The molecule has 0 atom stereocenters. The largest absolute Gasteiger partial charge is 0.468 e. The second kappa shape index (κ2) is 6.55. The zero-order chi connectivity index (χ0) is 15.3. The Labute approximate surface area is 115 Å². The predicted molar refractivity (Wildman–Crippen MR) is 67.7 cm³/mol. The Morgan fingerprint density at radius 3 is 2.05 bits per heavy atom. The highest BCUT2D eigenvalue weighted by atomic mass is 16.5. The van der Waals surface area contributed by atoms with Gasteiger partial charge in [0.2, 0.25) is 0 Å². The van der Waals surface area contributed by atoms with E-state index in [4.69, 9.17) is 5.73 Å². The lowest BCUT2D eigenvalue weighted by Gasteiger charge is -2.19. The highest BCUT2D eigenvalue weighted by Crippen LogP contribution is 2.14. The van der Waals surface area contributed by atoms with Gasteiger partial charge < -0.3 is 20.1 Å². The molecular formula is C11H16N4O5. The molecule has 0 saturated carbocycles. The number of nitrogens with two attached hydrogens (primary N) is 1. The number of H-pyrrole nitrogens is 1. The van der Waals surface area contributed by atoms with E-state index >= 15 is 0 Å². The minimum absolute atomic E-state index is 0.0599. The first-order valence-corrected chi connectivity index (χ1v) is 5.64. The standard InChI is InChI=1S/C11H16N4O5/c1-6-9(12)10(14-13-6)11(18)15(4-7(16)19-2)5-8(17)20-3/h4-5,12H2,1-3H3,(H,13,14). The third-order valence-corrected chi connectivity index (χ3v) is 2.58. The topological polar surface area (TPSA) is 128 Å². The molecule has 1 heterocycles. The molecule has 1 amide bonds. The van der Waals surface area contributed by atoms with Crippen LogP contribution < -0.4 is 5.73 Å². The van der Waals surface area contributed by atoms with Gasteiger partial charge >= 0.3 is 11.9 Å². The van der Waals surface area contributed by atoms with Crippen LogP contribution in [0.5, 0.6) is 0 Å². The Balaban J connectivity index is 2.97. The molecule has 9 heteroatoms. The van der Waals surface area contributed by atoms with E-state index in [2.05, 4.69) is 19.7 Å². The molecule has 1 aromatic rings. The Morgan fingerprint density at radius 1 is 1.20 bits per heavy atom. The predicted octanol–water partition coefficient (Wildman–Crippen LogP) is -0.911. The summed E-state index contributed by atoms with van der Waals surface area (Å²) in [5.41, 5.74) is 6.31. The fourth-order valence-corrected chi connectivity index (χ4v) is 1.39. The molecule has 0 unspecified atom stereocenters. The number of nitrogen functional groups attached to an aromatic ring is 1. The minimum Gasteiger partial charge on any atom is -0.468 e. The number of rotatable bonds is 5. The number of hydrogen-bond donors (Lipinski definition) is 2. The Morgan fingerprint density at radius 2 is 1.70 bits per heavy atom. The third kappa shape index (κ3) is 3.46. The van der Waals surface area contributed by atoms with Crippen molar-refractivity contribution >= 4 is 23.5 Å². The van der Waals surface area contributed by atoms with Crippen LogP contribution in [0, 0.1) is 6.92 Å². The van der Waals surface area contributed by atoms with Crippen LogP contribution in [-0.4, -0.2) is 60.3 Å². The van der Waals surface area contributed by atoms with Crippen molar-refractivity contribution in [1.82, 2.24) is 15.1 Å². The van der Waals surface area contributed by atoms with E-state index < -0.39 is 30.9 Å². The molecule has 0 aromatic carbocycles. The van der Waals surface area contributed by atoms with Crippen molar-refractivity contribution in [2.75, 3.05) is 33.0 Å². The Bertz CT molecular complexity index is 507. The second-order valence-electron chi connectivity index (χ2n) is 3.92. The van der Waals surface area contributed by atoms with E-state index in [1.54, 1.807) is 6.92 Å². The fourth-order valence-electron chi connectivity index (χ4n) is 1.39. The van der Waals surface area contributed by atoms with Crippen molar-refractivity contribution in [3.63, 3.8) is 0 Å². The summed E-state index contributed by atoms with van der Waals surface area (Å²) < 4.78 is 8.95. The number of aryl methyl sites for hydroxylation is 1. The van der Waals surface area contributed by atoms with Crippen LogP contribution in [0.4, 0.5) is 5.69 Å². The van der Waals surface area contributed by atoms with Gasteiger partial charge in [0.25, 0.3) is 5.91 Å². The van der Waals surface area contributed by atoms with Crippen LogP contribution in [0.25, 0.3) is 0 Å². The van der Waals surface area contributed by atoms with Crippen LogP contribution in [-0.2, 0) is 19.1 Å². The van der Waals surface area contributed by atoms with E-state index in [1.165, 1.54) is 14.2 Å². The van der Waals surface area contributed by atoms with Crippen LogP contribution in [0.1, 0.15) is 16.2 Å². The summed E-state index contributed by atoms with van der Waals surface area (Å²) in [7, 11) is 2.35. The van der Waals surface area contributed by atoms with Crippen molar-refractivity contribution in [2.45, 2.75) is 6.92 Å². The molecule has 0 aliphatic carbocycles. The van der Waals surface area contributed by atoms with Crippen LogP contribution in [0.3, 0.4) is 0 Å². The molecule has 20 heavy (non-hydrogen) atoms. The molecule has 0 aliphatic heterocycles. The zero-order valence-electron chi connectivity index (χ0n) is 11.4. The summed E-state index contributed by atoms with van der Waals surface area (Å²) in [6, 6.07) is 0. The molecule has 0 saturated heterocycles. The first kappa shape index (κ1) is 15.5. The number of aromatic amines is 1. The smallest absolute Gasteiger partial charge is 0.325 e. The number of ether oxygens (including phenoxy) is 2. The molecule has 0 spiro atoms. The van der Waals surface area contributed by atoms with Gasteiger partial charge in [-0.3, -0.25) is 19.5 Å². The Hall–Kier alpha value is -2.58. The summed E-state index contributed by atoms with van der Waals surface area (Å²) in [6.45, 7) is 0.829. The summed E-state index contributed by atoms with van der Waals surface area (Å²) in [5.74, 6) is -2.01. The van der Waals surface area contributed by atoms with Crippen molar-refractivity contribution in [2.24, 2.45) is 0 Å². The number of methoxy groups -OCH3 is 2. The van der Waals surface area contributed by atoms with Crippen LogP contribution in [0.2, 0.25) is 0 Å². The highest BCUT2D eigenvalue weighted by molar-refractivity contribution is 6.00. The number of nitrogens with zero attached hydrogens (tertiary/aromatic N) is 2. The lowest BCUT2D eigenvalue weighted by molar-refractivity contribution is -0.144. The van der Waals surface area contributed by atoms with Gasteiger partial charge in [-0.05, 0) is 6.92 Å². The molecule has 0 aliphatic rings. The average Bonchev–Trinajstić information content (AvgIpc) is 2.77. The van der Waals surface area contributed by atoms with Gasteiger partial charge in [0.05, 0.1) is 25.6 Å². The number of amides is 1. The molecular weight excluding hydrogens is 268 g/mol. The third-order valence-electron chi connectivity index (χ3n) is 2.58. The number of esters is 2. The van der Waals surface area contributed by atoms with Crippen molar-refractivity contribution in [1.29, 1.82) is 0 Å². The molecule has 110 valence electrons. The quantitative estimate of drug-likeness (QED) is 0.670. The number of nitrogens with one attached hydrogen (secondary N) is 1. The summed E-state index contributed by atoms with van der Waals surface area (Å²) in [6.07, 6.45) is 0. The van der Waals surface area contributed by atoms with Crippen LogP contribution >= 0.6 is 0 Å². The van der Waals surface area contributed by atoms with Crippen molar-refractivity contribution in [3.05, 3.63) is 11.4 Å². The van der Waals surface area contributed by atoms with E-state index in [0.717, 1.165) is 4.90 Å². The number of anilines is 1. The normalized spacial score (nSPS) is 9.95. The maximum absolute atomic E-state index is 12.2. The van der Waals surface area contributed by atoms with Gasteiger partial charge in [-0.25, -0.2) is 0 Å². The van der Waals surface area contributed by atoms with Gasteiger partial charge in [0, 0.05) is 0 Å². The Kier molecular flexibility index (Phi) is 5.07. The van der Waals surface area contributed by atoms with E-state index in [0.29, 0.717) is 5.69 Å². The summed E-state index contributed by atoms with van der Waals surface area (Å²) in [5, 5.41) is 6.31. The fraction of sp³-hybridized carbons (Fsp3) is 0.455. The first-order valence-electron chi connectivity index (χ1n) is 5.64. The molecule has 0 radical (unpaired) electrons. The van der Waals surface area contributed by atoms with E-state index in [1.807, 2.05) is 0 Å². The van der Waals surface area contributed by atoms with Crippen molar-refractivity contribution < 1.29 is 23.9 Å². The monoisotopic (exact) mass is 284 g/mol. The minimum atomic E-state index is -0.673. The molecule has 0 fully saturated rings. The van der Waals surface area contributed by atoms with Gasteiger partial charge in [0.1, 0.15) is 13.1 Å². The number of hydrogen-bond acceptors (Lipinski definition) is 7. The van der Waals surface area contributed by atoms with Gasteiger partial charge in [0.15, 0.2) is 5.69 Å². The number of aromatic nitrogens is 2. The summed E-state index contributed by atoms with van der Waals surface area (Å²) >= 11 is 0. The SMILES string of the molecule is COC(=O)CN(CC(=O)OC)C(=O)c1n[nH]c(C)c1N. The molecule has 1 rings (SSSR count). The van der Waals surface area contributed by atoms with Crippen molar-refractivity contribution in [3.8, 4) is 0 Å². The zero-order valence-corrected chi connectivity index (χ0v) is 11.4. The molecule has 3 N–H and O–H groups in total. The van der Waals surface area contributed by atoms with Crippen LogP contribution in [0.15, 0.2) is 0 Å².